The van der Waals surface area contributed by atoms with Gasteiger partial charge in [0.1, 0.15) is 5.75 Å². The molecule has 0 fully saturated rings. The van der Waals surface area contributed by atoms with Crippen molar-refractivity contribution in [3.8, 4) is 5.75 Å². The van der Waals surface area contributed by atoms with E-state index in [1.807, 2.05) is 32.0 Å². The van der Waals surface area contributed by atoms with Gasteiger partial charge in [0, 0.05) is 17.2 Å². The van der Waals surface area contributed by atoms with Crippen molar-refractivity contribution in [2.75, 3.05) is 19.1 Å². The molecule has 0 radical (unpaired) electrons. The molecule has 0 saturated carbocycles. The molecule has 4 heteroatoms. The third-order valence-electron chi connectivity index (χ3n) is 3.41. The van der Waals surface area contributed by atoms with Crippen molar-refractivity contribution < 1.29 is 9.53 Å². The number of nitrogens with zero attached hydrogens (tertiary/aromatic N) is 1. The highest BCUT2D eigenvalue weighted by molar-refractivity contribution is 9.10. The topological polar surface area (TPSA) is 29.5 Å². The lowest BCUT2D eigenvalue weighted by Gasteiger charge is -2.21. The summed E-state index contributed by atoms with van der Waals surface area (Å²) in [7, 11) is 3.34. The number of carbonyl (C=O) groups excluding carboxylic acids is 1. The maximum Gasteiger partial charge on any atom is 0.261 e. The zero-order valence-electron chi connectivity index (χ0n) is 12.6. The standard InChI is InChI=1S/C17H18BrNO2/c1-11-5-8-15(12(2)9-11)19(3)17(20)14-7-6-13(18)10-16(14)21-4/h5-10H,1-4H3. The second-order valence-electron chi connectivity index (χ2n) is 5.00. The molecule has 0 heterocycles. The number of hydrogen-bond donors (Lipinski definition) is 0. The summed E-state index contributed by atoms with van der Waals surface area (Å²) in [5.74, 6) is 0.470. The molecule has 0 aliphatic carbocycles. The fourth-order valence-corrected chi connectivity index (χ4v) is 2.65. The molecule has 0 spiro atoms. The molecule has 0 bridgehead atoms. The van der Waals surface area contributed by atoms with Crippen molar-refractivity contribution in [3.63, 3.8) is 0 Å². The van der Waals surface area contributed by atoms with E-state index in [4.69, 9.17) is 4.74 Å². The maximum atomic E-state index is 12.7. The number of amides is 1. The molecule has 2 aromatic carbocycles. The minimum atomic E-state index is -0.0914. The normalized spacial score (nSPS) is 10.3. The minimum absolute atomic E-state index is 0.0914. The Labute approximate surface area is 133 Å². The number of ether oxygens (including phenoxy) is 1. The number of carbonyl (C=O) groups is 1. The third-order valence-corrected chi connectivity index (χ3v) is 3.91. The van der Waals surface area contributed by atoms with Crippen molar-refractivity contribution in [1.82, 2.24) is 0 Å². The lowest BCUT2D eigenvalue weighted by atomic mass is 10.1. The highest BCUT2D eigenvalue weighted by atomic mass is 79.9. The zero-order chi connectivity index (χ0) is 15.6. The summed E-state index contributed by atoms with van der Waals surface area (Å²) in [6.07, 6.45) is 0. The summed E-state index contributed by atoms with van der Waals surface area (Å²) in [4.78, 5) is 14.4. The number of anilines is 1. The van der Waals surface area contributed by atoms with Gasteiger partial charge in [-0.25, -0.2) is 0 Å². The molecule has 3 nitrogen and oxygen atoms in total. The molecule has 0 atom stereocenters. The molecule has 0 aliphatic rings. The summed E-state index contributed by atoms with van der Waals surface area (Å²) in [5.41, 5.74) is 3.69. The third kappa shape index (κ3) is 3.27. The van der Waals surface area contributed by atoms with Gasteiger partial charge in [0.15, 0.2) is 0 Å². The molecule has 0 N–H and O–H groups in total. The van der Waals surface area contributed by atoms with Gasteiger partial charge in [0.2, 0.25) is 0 Å². The van der Waals surface area contributed by atoms with Crippen molar-refractivity contribution in [3.05, 3.63) is 57.6 Å². The lowest BCUT2D eigenvalue weighted by molar-refractivity contribution is 0.0990. The Morgan fingerprint density at radius 3 is 2.48 bits per heavy atom. The minimum Gasteiger partial charge on any atom is -0.496 e. The zero-order valence-corrected chi connectivity index (χ0v) is 14.2. The van der Waals surface area contributed by atoms with Crippen molar-refractivity contribution in [2.24, 2.45) is 0 Å². The Kier molecular flexibility index (Phi) is 4.68. The van der Waals surface area contributed by atoms with Crippen LogP contribution in [0, 0.1) is 13.8 Å². The molecule has 110 valence electrons. The number of aryl methyl sites for hydroxylation is 2. The molecule has 0 saturated heterocycles. The Morgan fingerprint density at radius 2 is 1.86 bits per heavy atom. The van der Waals surface area contributed by atoms with E-state index >= 15 is 0 Å². The number of methoxy groups -OCH3 is 1. The fourth-order valence-electron chi connectivity index (χ4n) is 2.31. The first-order valence-electron chi connectivity index (χ1n) is 6.63. The summed E-state index contributed by atoms with van der Waals surface area (Å²) in [6, 6.07) is 11.4. The van der Waals surface area contributed by atoms with Crippen molar-refractivity contribution >= 4 is 27.5 Å². The summed E-state index contributed by atoms with van der Waals surface area (Å²) >= 11 is 3.38. The van der Waals surface area contributed by atoms with Crippen LogP contribution in [-0.2, 0) is 0 Å². The molecule has 2 rings (SSSR count). The Morgan fingerprint density at radius 1 is 1.14 bits per heavy atom. The lowest BCUT2D eigenvalue weighted by Crippen LogP contribution is -2.27. The molecule has 0 unspecified atom stereocenters. The second kappa shape index (κ2) is 6.31. The molecule has 2 aromatic rings. The van der Waals surface area contributed by atoms with Crippen LogP contribution in [0.3, 0.4) is 0 Å². The monoisotopic (exact) mass is 347 g/mol. The molecular weight excluding hydrogens is 330 g/mol. The average Bonchev–Trinajstić information content (AvgIpc) is 2.45. The SMILES string of the molecule is COc1cc(Br)ccc1C(=O)N(C)c1ccc(C)cc1C. The van der Waals surface area contributed by atoms with E-state index in [0.717, 1.165) is 15.7 Å². The van der Waals surface area contributed by atoms with E-state index in [0.29, 0.717) is 11.3 Å². The number of rotatable bonds is 3. The molecular formula is C17H18BrNO2. The van der Waals surface area contributed by atoms with Gasteiger partial charge < -0.3 is 9.64 Å². The predicted octanol–water partition coefficient (Wildman–Crippen LogP) is 4.35. The van der Waals surface area contributed by atoms with Gasteiger partial charge in [-0.05, 0) is 43.7 Å². The highest BCUT2D eigenvalue weighted by Gasteiger charge is 2.19. The van der Waals surface area contributed by atoms with Crippen LogP contribution in [0.15, 0.2) is 40.9 Å². The van der Waals surface area contributed by atoms with Crippen molar-refractivity contribution in [2.45, 2.75) is 13.8 Å². The smallest absolute Gasteiger partial charge is 0.261 e. The molecule has 21 heavy (non-hydrogen) atoms. The van der Waals surface area contributed by atoms with Crippen LogP contribution in [0.4, 0.5) is 5.69 Å². The van der Waals surface area contributed by atoms with Crippen LogP contribution >= 0.6 is 15.9 Å². The van der Waals surface area contributed by atoms with Crippen LogP contribution in [0.2, 0.25) is 0 Å². The van der Waals surface area contributed by atoms with Gasteiger partial charge in [0.05, 0.1) is 12.7 Å². The van der Waals surface area contributed by atoms with E-state index < -0.39 is 0 Å². The average molecular weight is 348 g/mol. The number of halogens is 1. The van der Waals surface area contributed by atoms with Gasteiger partial charge in [-0.2, -0.15) is 0 Å². The van der Waals surface area contributed by atoms with E-state index in [1.165, 1.54) is 5.56 Å². The largest absolute Gasteiger partial charge is 0.496 e. The van der Waals surface area contributed by atoms with E-state index in [1.54, 1.807) is 31.2 Å². The summed E-state index contributed by atoms with van der Waals surface area (Å²) in [6.45, 7) is 4.04. The van der Waals surface area contributed by atoms with Crippen LogP contribution in [-0.4, -0.2) is 20.1 Å². The Balaban J connectivity index is 2.39. The first kappa shape index (κ1) is 15.6. The quantitative estimate of drug-likeness (QED) is 0.825. The Bertz CT molecular complexity index is 682. The van der Waals surface area contributed by atoms with Gasteiger partial charge >= 0.3 is 0 Å². The molecule has 0 aromatic heterocycles. The Hall–Kier alpha value is -1.81. The van der Waals surface area contributed by atoms with E-state index in [-0.39, 0.29) is 5.91 Å². The van der Waals surface area contributed by atoms with Crippen LogP contribution < -0.4 is 9.64 Å². The molecule has 0 aliphatic heterocycles. The first-order valence-corrected chi connectivity index (χ1v) is 7.42. The van der Waals surface area contributed by atoms with Gasteiger partial charge in [-0.15, -0.1) is 0 Å². The van der Waals surface area contributed by atoms with Crippen LogP contribution in [0.5, 0.6) is 5.75 Å². The molecule has 1 amide bonds. The second-order valence-corrected chi connectivity index (χ2v) is 5.91. The van der Waals surface area contributed by atoms with E-state index in [2.05, 4.69) is 22.0 Å². The summed E-state index contributed by atoms with van der Waals surface area (Å²) in [5, 5.41) is 0. The van der Waals surface area contributed by atoms with Gasteiger partial charge in [0.25, 0.3) is 5.91 Å². The van der Waals surface area contributed by atoms with Crippen LogP contribution in [0.25, 0.3) is 0 Å². The predicted molar refractivity (Wildman–Crippen MR) is 89.3 cm³/mol. The summed E-state index contributed by atoms with van der Waals surface area (Å²) < 4.78 is 6.18. The first-order chi connectivity index (χ1) is 9.93. The number of hydrogen-bond acceptors (Lipinski definition) is 2. The fraction of sp³-hybridized carbons (Fsp3) is 0.235. The van der Waals surface area contributed by atoms with Gasteiger partial charge in [-0.1, -0.05) is 33.6 Å². The van der Waals surface area contributed by atoms with Crippen molar-refractivity contribution in [1.29, 1.82) is 0 Å². The highest BCUT2D eigenvalue weighted by Crippen LogP contribution is 2.27. The van der Waals surface area contributed by atoms with Gasteiger partial charge in [-0.3, -0.25) is 4.79 Å². The van der Waals surface area contributed by atoms with E-state index in [9.17, 15) is 4.79 Å². The van der Waals surface area contributed by atoms with Crippen LogP contribution in [0.1, 0.15) is 21.5 Å². The maximum absolute atomic E-state index is 12.7. The number of benzene rings is 2.